The smallest absolute Gasteiger partial charge is 0.119 e. The molecule has 1 unspecified atom stereocenters. The first-order valence-corrected chi connectivity index (χ1v) is 7.98. The first-order chi connectivity index (χ1) is 9.28. The van der Waals surface area contributed by atoms with E-state index >= 15 is 0 Å². The van der Waals surface area contributed by atoms with E-state index < -0.39 is 0 Å². The van der Waals surface area contributed by atoms with Gasteiger partial charge in [-0.3, -0.25) is 0 Å². The van der Waals surface area contributed by atoms with Crippen LogP contribution in [0.3, 0.4) is 0 Å². The van der Waals surface area contributed by atoms with E-state index in [0.29, 0.717) is 0 Å². The summed E-state index contributed by atoms with van der Waals surface area (Å²) < 4.78 is 5.26. The molecule has 0 radical (unpaired) electrons. The highest BCUT2D eigenvalue weighted by Crippen LogP contribution is 2.29. The van der Waals surface area contributed by atoms with Crippen LogP contribution in [0.2, 0.25) is 0 Å². The van der Waals surface area contributed by atoms with E-state index in [2.05, 4.69) is 12.1 Å². The molecule has 0 aromatic heterocycles. The van der Waals surface area contributed by atoms with Crippen molar-refractivity contribution in [2.75, 3.05) is 7.11 Å². The van der Waals surface area contributed by atoms with Gasteiger partial charge in [-0.25, -0.2) is 0 Å². The highest BCUT2D eigenvalue weighted by atomic mass is 35.5. The fourth-order valence-electron chi connectivity index (χ4n) is 3.10. The molecule has 106 valence electrons. The molecule has 0 amide bonds. The Morgan fingerprint density at radius 3 is 2.63 bits per heavy atom. The Morgan fingerprint density at radius 2 is 1.95 bits per heavy atom. The van der Waals surface area contributed by atoms with Crippen LogP contribution in [0.1, 0.15) is 50.5 Å². The molecule has 19 heavy (non-hydrogen) atoms. The number of ether oxygens (including phenoxy) is 1. The normalized spacial score (nSPS) is 18.8. The molecule has 0 bridgehead atoms. The summed E-state index contributed by atoms with van der Waals surface area (Å²) in [6.07, 6.45) is 10.5. The van der Waals surface area contributed by atoms with Gasteiger partial charge in [0.15, 0.2) is 0 Å². The van der Waals surface area contributed by atoms with E-state index in [-0.39, 0.29) is 5.38 Å². The second-order valence-electron chi connectivity index (χ2n) is 5.75. The number of rotatable bonds is 5. The van der Waals surface area contributed by atoms with Gasteiger partial charge in [0, 0.05) is 5.38 Å². The van der Waals surface area contributed by atoms with Crippen molar-refractivity contribution in [1.29, 1.82) is 0 Å². The second kappa shape index (κ2) is 7.79. The molecule has 1 aliphatic carbocycles. The van der Waals surface area contributed by atoms with Crippen molar-refractivity contribution in [2.45, 2.75) is 56.7 Å². The predicted molar refractivity (Wildman–Crippen MR) is 82.1 cm³/mol. The van der Waals surface area contributed by atoms with E-state index in [9.17, 15) is 0 Å². The van der Waals surface area contributed by atoms with Gasteiger partial charge in [0.2, 0.25) is 0 Å². The summed E-state index contributed by atoms with van der Waals surface area (Å²) in [7, 11) is 1.71. The molecule has 0 heterocycles. The van der Waals surface area contributed by atoms with Gasteiger partial charge in [-0.1, -0.05) is 50.7 Å². The summed E-state index contributed by atoms with van der Waals surface area (Å²) in [5, 5.41) is 0.259. The van der Waals surface area contributed by atoms with Crippen molar-refractivity contribution >= 4 is 11.6 Å². The van der Waals surface area contributed by atoms with E-state index in [1.165, 1.54) is 50.5 Å². The lowest BCUT2D eigenvalue weighted by Crippen LogP contribution is -2.11. The average Bonchev–Trinajstić information content (AvgIpc) is 2.67. The van der Waals surface area contributed by atoms with Gasteiger partial charge in [0.25, 0.3) is 0 Å². The first kappa shape index (κ1) is 14.7. The standard InChI is InChI=1S/C17H25ClO/c1-19-17-10-6-9-15(13-17)12-16(18)11-14-7-4-2-3-5-8-14/h6,9-10,13-14,16H,2-5,7-8,11-12H2,1H3. The fraction of sp³-hybridized carbons (Fsp3) is 0.647. The summed E-state index contributed by atoms with van der Waals surface area (Å²) in [6.45, 7) is 0. The lowest BCUT2D eigenvalue weighted by atomic mass is 9.93. The number of hydrogen-bond acceptors (Lipinski definition) is 1. The Morgan fingerprint density at radius 1 is 1.21 bits per heavy atom. The number of halogens is 1. The highest BCUT2D eigenvalue weighted by Gasteiger charge is 2.17. The van der Waals surface area contributed by atoms with E-state index in [1.807, 2.05) is 12.1 Å². The Labute approximate surface area is 122 Å². The van der Waals surface area contributed by atoms with Crippen LogP contribution in [0.4, 0.5) is 0 Å². The summed E-state index contributed by atoms with van der Waals surface area (Å²) in [5.74, 6) is 1.77. The quantitative estimate of drug-likeness (QED) is 0.532. The van der Waals surface area contributed by atoms with Gasteiger partial charge in [-0.05, 0) is 36.5 Å². The zero-order valence-electron chi connectivity index (χ0n) is 11.9. The zero-order chi connectivity index (χ0) is 13.5. The first-order valence-electron chi connectivity index (χ1n) is 7.55. The van der Waals surface area contributed by atoms with Crippen LogP contribution >= 0.6 is 11.6 Å². The van der Waals surface area contributed by atoms with Crippen molar-refractivity contribution in [3.8, 4) is 5.75 Å². The largest absolute Gasteiger partial charge is 0.497 e. The third-order valence-corrected chi connectivity index (χ3v) is 4.49. The predicted octanol–water partition coefficient (Wildman–Crippen LogP) is 5.21. The highest BCUT2D eigenvalue weighted by molar-refractivity contribution is 6.20. The van der Waals surface area contributed by atoms with Crippen LogP contribution < -0.4 is 4.74 Å². The zero-order valence-corrected chi connectivity index (χ0v) is 12.7. The van der Waals surface area contributed by atoms with Crippen LogP contribution in [0.15, 0.2) is 24.3 Å². The molecule has 1 aromatic carbocycles. The molecule has 2 rings (SSSR count). The number of benzene rings is 1. The molecular formula is C17H25ClO. The second-order valence-corrected chi connectivity index (χ2v) is 6.36. The fourth-order valence-corrected chi connectivity index (χ4v) is 3.53. The van der Waals surface area contributed by atoms with Gasteiger partial charge in [0.1, 0.15) is 5.75 Å². The molecular weight excluding hydrogens is 256 g/mol. The third-order valence-electron chi connectivity index (χ3n) is 4.16. The van der Waals surface area contributed by atoms with Crippen molar-refractivity contribution < 1.29 is 4.74 Å². The third kappa shape index (κ3) is 5.06. The molecule has 1 nitrogen and oxygen atoms in total. The van der Waals surface area contributed by atoms with Crippen LogP contribution in [-0.4, -0.2) is 12.5 Å². The molecule has 1 aliphatic rings. The Balaban J connectivity index is 1.83. The van der Waals surface area contributed by atoms with Crippen LogP contribution in [0, 0.1) is 5.92 Å². The van der Waals surface area contributed by atoms with Gasteiger partial charge in [-0.2, -0.15) is 0 Å². The Kier molecular flexibility index (Phi) is 6.03. The maximum atomic E-state index is 6.56. The molecule has 0 N–H and O–H groups in total. The number of hydrogen-bond donors (Lipinski definition) is 0. The van der Waals surface area contributed by atoms with Crippen LogP contribution in [0.25, 0.3) is 0 Å². The van der Waals surface area contributed by atoms with Gasteiger partial charge < -0.3 is 4.74 Å². The van der Waals surface area contributed by atoms with Crippen molar-refractivity contribution in [1.82, 2.24) is 0 Å². The van der Waals surface area contributed by atoms with Crippen molar-refractivity contribution in [3.63, 3.8) is 0 Å². The molecule has 2 heteroatoms. The summed E-state index contributed by atoms with van der Waals surface area (Å²) in [4.78, 5) is 0. The number of methoxy groups -OCH3 is 1. The topological polar surface area (TPSA) is 9.23 Å². The number of alkyl halides is 1. The maximum absolute atomic E-state index is 6.56. The Bertz CT molecular complexity index is 369. The molecule has 1 aromatic rings. The van der Waals surface area contributed by atoms with Gasteiger partial charge in [-0.15, -0.1) is 11.6 Å². The lowest BCUT2D eigenvalue weighted by molar-refractivity contribution is 0.412. The molecule has 1 saturated carbocycles. The molecule has 1 fully saturated rings. The van der Waals surface area contributed by atoms with E-state index in [0.717, 1.165) is 18.1 Å². The minimum absolute atomic E-state index is 0.259. The van der Waals surface area contributed by atoms with E-state index in [4.69, 9.17) is 16.3 Å². The van der Waals surface area contributed by atoms with E-state index in [1.54, 1.807) is 7.11 Å². The maximum Gasteiger partial charge on any atom is 0.119 e. The molecule has 0 aliphatic heterocycles. The van der Waals surface area contributed by atoms with Crippen molar-refractivity contribution in [2.24, 2.45) is 5.92 Å². The SMILES string of the molecule is COc1cccc(CC(Cl)CC2CCCCCC2)c1. The summed E-state index contributed by atoms with van der Waals surface area (Å²) >= 11 is 6.56. The van der Waals surface area contributed by atoms with Crippen molar-refractivity contribution in [3.05, 3.63) is 29.8 Å². The van der Waals surface area contributed by atoms with Gasteiger partial charge in [0.05, 0.1) is 7.11 Å². The minimum atomic E-state index is 0.259. The van der Waals surface area contributed by atoms with Crippen LogP contribution in [0.5, 0.6) is 5.75 Å². The molecule has 1 atom stereocenters. The summed E-state index contributed by atoms with van der Waals surface area (Å²) in [5.41, 5.74) is 1.29. The molecule has 0 spiro atoms. The minimum Gasteiger partial charge on any atom is -0.497 e. The molecule has 0 saturated heterocycles. The van der Waals surface area contributed by atoms with Crippen LogP contribution in [-0.2, 0) is 6.42 Å². The summed E-state index contributed by atoms with van der Waals surface area (Å²) in [6, 6.07) is 8.27. The monoisotopic (exact) mass is 280 g/mol. The lowest BCUT2D eigenvalue weighted by Gasteiger charge is -2.18. The van der Waals surface area contributed by atoms with Gasteiger partial charge >= 0.3 is 0 Å². The Hall–Kier alpha value is -0.690. The average molecular weight is 281 g/mol.